The Balaban J connectivity index is 2.18. The minimum absolute atomic E-state index is 0.162. The van der Waals surface area contributed by atoms with Crippen molar-refractivity contribution in [1.29, 1.82) is 0 Å². The summed E-state index contributed by atoms with van der Waals surface area (Å²) in [5.41, 5.74) is 3.82. The Labute approximate surface area is 110 Å². The number of hydrogen-bond acceptors (Lipinski definition) is 1. The first kappa shape index (κ1) is 12.0. The zero-order valence-corrected chi connectivity index (χ0v) is 11.6. The molecule has 0 heterocycles. The van der Waals surface area contributed by atoms with Crippen molar-refractivity contribution in [3.63, 3.8) is 0 Å². The monoisotopic (exact) mass is 242 g/mol. The minimum Gasteiger partial charge on any atom is -0.294 e. The van der Waals surface area contributed by atoms with Crippen molar-refractivity contribution in [2.75, 3.05) is 0 Å². The molecule has 18 heavy (non-hydrogen) atoms. The summed E-state index contributed by atoms with van der Waals surface area (Å²) in [6.45, 7) is 6.85. The van der Waals surface area contributed by atoms with Crippen LogP contribution in [0, 0.1) is 11.8 Å². The summed E-state index contributed by atoms with van der Waals surface area (Å²) in [4.78, 5) is 12.6. The molecule has 1 aromatic carbocycles. The zero-order valence-electron chi connectivity index (χ0n) is 11.6. The van der Waals surface area contributed by atoms with Crippen LogP contribution in [0.25, 0.3) is 0 Å². The lowest BCUT2D eigenvalue weighted by Gasteiger charge is -2.41. The maximum Gasteiger partial charge on any atom is 0.166 e. The van der Waals surface area contributed by atoms with E-state index in [0.717, 1.165) is 18.4 Å². The second-order valence-corrected chi connectivity index (χ2v) is 6.46. The molecular formula is C17H22O. The minimum atomic E-state index is 0.162. The Hall–Kier alpha value is -1.11. The lowest BCUT2D eigenvalue weighted by Crippen LogP contribution is -2.41. The second kappa shape index (κ2) is 3.94. The average Bonchev–Trinajstić information content (AvgIpc) is 2.86. The van der Waals surface area contributed by atoms with Crippen molar-refractivity contribution >= 4 is 5.78 Å². The first-order valence-corrected chi connectivity index (χ1v) is 7.23. The first-order chi connectivity index (χ1) is 8.55. The van der Waals surface area contributed by atoms with Gasteiger partial charge in [-0.2, -0.15) is 0 Å². The number of ketones is 1. The lowest BCUT2D eigenvalue weighted by atomic mass is 9.61. The molecular weight excluding hydrogens is 220 g/mol. The molecule has 1 fully saturated rings. The SMILES string of the molecule is CCc1ccc2c(c1)C(C)(C)[C@@H]1CCC[C@H]1C2=O. The number of fused-ring (bicyclic) bond motifs is 2. The summed E-state index contributed by atoms with van der Waals surface area (Å²) in [6.07, 6.45) is 4.59. The summed E-state index contributed by atoms with van der Waals surface area (Å²) in [7, 11) is 0. The summed E-state index contributed by atoms with van der Waals surface area (Å²) in [6, 6.07) is 6.48. The van der Waals surface area contributed by atoms with E-state index in [1.54, 1.807) is 0 Å². The quantitative estimate of drug-likeness (QED) is 0.723. The Morgan fingerprint density at radius 3 is 2.78 bits per heavy atom. The zero-order chi connectivity index (χ0) is 12.9. The Bertz CT molecular complexity index is 498. The third-order valence-corrected chi connectivity index (χ3v) is 5.23. The highest BCUT2D eigenvalue weighted by atomic mass is 16.1. The van der Waals surface area contributed by atoms with Gasteiger partial charge in [0.2, 0.25) is 0 Å². The standard InChI is InChI=1S/C17H22O/c1-4-11-8-9-13-15(10-11)17(2,3)14-7-5-6-12(14)16(13)18/h8-10,12,14H,4-7H2,1-3H3/t12-,14-/m1/s1. The van der Waals surface area contributed by atoms with Crippen LogP contribution in [0.5, 0.6) is 0 Å². The maximum atomic E-state index is 12.6. The van der Waals surface area contributed by atoms with Crippen LogP contribution in [-0.4, -0.2) is 5.78 Å². The summed E-state index contributed by atoms with van der Waals surface area (Å²) in [5.74, 6) is 1.26. The Kier molecular flexibility index (Phi) is 2.62. The van der Waals surface area contributed by atoms with Crippen molar-refractivity contribution in [2.45, 2.75) is 51.9 Å². The van der Waals surface area contributed by atoms with E-state index in [0.29, 0.717) is 17.6 Å². The molecule has 0 saturated heterocycles. The molecule has 2 aliphatic rings. The van der Waals surface area contributed by atoms with E-state index in [9.17, 15) is 4.79 Å². The molecule has 2 atom stereocenters. The molecule has 0 unspecified atom stereocenters. The molecule has 0 aliphatic heterocycles. The van der Waals surface area contributed by atoms with E-state index in [1.165, 1.54) is 24.0 Å². The Morgan fingerprint density at radius 2 is 2.06 bits per heavy atom. The van der Waals surface area contributed by atoms with Gasteiger partial charge in [-0.1, -0.05) is 45.4 Å². The predicted octanol–water partition coefficient (Wildman–Crippen LogP) is 4.14. The molecule has 2 aliphatic carbocycles. The number of aryl methyl sites for hydroxylation is 1. The van der Waals surface area contributed by atoms with Gasteiger partial charge in [-0.3, -0.25) is 4.79 Å². The van der Waals surface area contributed by atoms with Crippen LogP contribution in [0.15, 0.2) is 18.2 Å². The third-order valence-electron chi connectivity index (χ3n) is 5.23. The molecule has 1 saturated carbocycles. The highest BCUT2D eigenvalue weighted by Gasteiger charge is 2.48. The number of benzene rings is 1. The lowest BCUT2D eigenvalue weighted by molar-refractivity contribution is 0.0817. The average molecular weight is 242 g/mol. The number of carbonyl (C=O) groups is 1. The van der Waals surface area contributed by atoms with Crippen LogP contribution >= 0.6 is 0 Å². The predicted molar refractivity (Wildman–Crippen MR) is 74.0 cm³/mol. The highest BCUT2D eigenvalue weighted by molar-refractivity contribution is 6.01. The molecule has 3 rings (SSSR count). The molecule has 1 nitrogen and oxygen atoms in total. The maximum absolute atomic E-state index is 12.6. The van der Waals surface area contributed by atoms with Crippen molar-refractivity contribution in [2.24, 2.45) is 11.8 Å². The first-order valence-electron chi connectivity index (χ1n) is 7.23. The molecule has 0 bridgehead atoms. The number of carbonyl (C=O) groups excluding carboxylic acids is 1. The highest BCUT2D eigenvalue weighted by Crippen LogP contribution is 2.51. The van der Waals surface area contributed by atoms with E-state index >= 15 is 0 Å². The number of hydrogen-bond donors (Lipinski definition) is 0. The van der Waals surface area contributed by atoms with Gasteiger partial charge in [-0.25, -0.2) is 0 Å². The Morgan fingerprint density at radius 1 is 1.28 bits per heavy atom. The summed E-state index contributed by atoms with van der Waals surface area (Å²) >= 11 is 0. The van der Waals surface area contributed by atoms with E-state index in [4.69, 9.17) is 0 Å². The van der Waals surface area contributed by atoms with Gasteiger partial charge in [-0.05, 0) is 41.7 Å². The van der Waals surface area contributed by atoms with Gasteiger partial charge < -0.3 is 0 Å². The third kappa shape index (κ3) is 1.49. The summed E-state index contributed by atoms with van der Waals surface area (Å²) < 4.78 is 0. The topological polar surface area (TPSA) is 17.1 Å². The number of Topliss-reactive ketones (excluding diaryl/α,β-unsaturated/α-hetero) is 1. The van der Waals surface area contributed by atoms with Crippen molar-refractivity contribution < 1.29 is 4.79 Å². The van der Waals surface area contributed by atoms with Crippen molar-refractivity contribution in [3.8, 4) is 0 Å². The molecule has 1 heteroatoms. The van der Waals surface area contributed by atoms with E-state index < -0.39 is 0 Å². The fraction of sp³-hybridized carbons (Fsp3) is 0.588. The van der Waals surface area contributed by atoms with E-state index in [1.807, 2.05) is 0 Å². The molecule has 0 radical (unpaired) electrons. The summed E-state index contributed by atoms with van der Waals surface area (Å²) in [5, 5.41) is 0. The van der Waals surface area contributed by atoms with E-state index in [2.05, 4.69) is 39.0 Å². The molecule has 0 spiro atoms. The normalized spacial score (nSPS) is 28.9. The van der Waals surface area contributed by atoms with Crippen LogP contribution in [0.4, 0.5) is 0 Å². The number of rotatable bonds is 1. The van der Waals surface area contributed by atoms with Gasteiger partial charge in [0, 0.05) is 11.5 Å². The largest absolute Gasteiger partial charge is 0.294 e. The van der Waals surface area contributed by atoms with Gasteiger partial charge in [0.15, 0.2) is 5.78 Å². The second-order valence-electron chi connectivity index (χ2n) is 6.46. The van der Waals surface area contributed by atoms with Crippen LogP contribution in [0.3, 0.4) is 0 Å². The van der Waals surface area contributed by atoms with Crippen molar-refractivity contribution in [1.82, 2.24) is 0 Å². The van der Waals surface area contributed by atoms with E-state index in [-0.39, 0.29) is 5.41 Å². The van der Waals surface area contributed by atoms with Crippen LogP contribution < -0.4 is 0 Å². The van der Waals surface area contributed by atoms with Crippen LogP contribution in [0.1, 0.15) is 61.5 Å². The molecule has 0 aromatic heterocycles. The van der Waals surface area contributed by atoms with Gasteiger partial charge in [0.05, 0.1) is 0 Å². The molecule has 1 aromatic rings. The fourth-order valence-corrected chi connectivity index (χ4v) is 4.10. The fourth-order valence-electron chi connectivity index (χ4n) is 4.10. The molecule has 0 amide bonds. The van der Waals surface area contributed by atoms with Gasteiger partial charge in [-0.15, -0.1) is 0 Å². The van der Waals surface area contributed by atoms with Gasteiger partial charge in [0.1, 0.15) is 0 Å². The smallest absolute Gasteiger partial charge is 0.166 e. The van der Waals surface area contributed by atoms with Crippen LogP contribution in [0.2, 0.25) is 0 Å². The van der Waals surface area contributed by atoms with Gasteiger partial charge >= 0.3 is 0 Å². The molecule has 96 valence electrons. The van der Waals surface area contributed by atoms with Crippen LogP contribution in [-0.2, 0) is 11.8 Å². The molecule has 0 N–H and O–H groups in total. The van der Waals surface area contributed by atoms with Gasteiger partial charge in [0.25, 0.3) is 0 Å². The van der Waals surface area contributed by atoms with Crippen molar-refractivity contribution in [3.05, 3.63) is 34.9 Å².